The van der Waals surface area contributed by atoms with E-state index in [4.69, 9.17) is 16.2 Å². The minimum absolute atomic E-state index is 0.0690. The number of nitrogens with zero attached hydrogens (tertiary/aromatic N) is 2. The highest BCUT2D eigenvalue weighted by molar-refractivity contribution is 5.95. The van der Waals surface area contributed by atoms with Gasteiger partial charge < -0.3 is 36.6 Å². The van der Waals surface area contributed by atoms with Crippen LogP contribution >= 0.6 is 0 Å². The highest BCUT2D eigenvalue weighted by Crippen LogP contribution is 2.65. The predicted molar refractivity (Wildman–Crippen MR) is 116 cm³/mol. The molecule has 12 nitrogen and oxygen atoms in total. The lowest BCUT2D eigenvalue weighted by Gasteiger charge is -2.36. The van der Waals surface area contributed by atoms with Gasteiger partial charge in [0.25, 0.3) is 5.91 Å². The largest absolute Gasteiger partial charge is 0.436 e. The molecule has 33 heavy (non-hydrogen) atoms. The summed E-state index contributed by atoms with van der Waals surface area (Å²) in [5, 5.41) is 5.27. The fourth-order valence-electron chi connectivity index (χ4n) is 5.05. The Bertz CT molecular complexity index is 868. The Labute approximate surface area is 192 Å². The molecule has 0 bridgehead atoms. The minimum Gasteiger partial charge on any atom is -0.436 e. The third kappa shape index (κ3) is 4.69. The summed E-state index contributed by atoms with van der Waals surface area (Å²) in [6, 6.07) is -2.32. The number of hydrogen-bond acceptors (Lipinski definition) is 6. The first-order valence-electron chi connectivity index (χ1n) is 11.0. The van der Waals surface area contributed by atoms with Gasteiger partial charge in [0.15, 0.2) is 6.10 Å². The zero-order valence-corrected chi connectivity index (χ0v) is 19.7. The van der Waals surface area contributed by atoms with E-state index >= 15 is 0 Å². The molecular weight excluding hydrogens is 432 g/mol. The number of rotatable bonds is 7. The Morgan fingerprint density at radius 1 is 1.24 bits per heavy atom. The Morgan fingerprint density at radius 2 is 1.88 bits per heavy atom. The van der Waals surface area contributed by atoms with Crippen molar-refractivity contribution in [2.75, 3.05) is 26.2 Å². The Balaban J connectivity index is 1.81. The highest BCUT2D eigenvalue weighted by atomic mass is 16.6. The molecule has 2 aliphatic heterocycles. The van der Waals surface area contributed by atoms with Crippen LogP contribution in [0.1, 0.15) is 34.6 Å². The van der Waals surface area contributed by atoms with Crippen LogP contribution in [0.25, 0.3) is 0 Å². The standard InChI is InChI=1S/C21H34N6O6/c1-20(2,3)14(33-18(23)31)17(30)27-8-10-12(21(10,4)5)13(27)16(29)25-11(15(22)28)9-26-7-6-24-19(26)32/h10-14H,6-9H2,1-5H3,(H2,22,28)(H2,23,31)(H,24,32)(H,25,29)/t10-,11-,12-,13-,14+/m0/s1. The average Bonchev–Trinajstić information content (AvgIpc) is 3.06. The smallest absolute Gasteiger partial charge is 0.405 e. The summed E-state index contributed by atoms with van der Waals surface area (Å²) in [7, 11) is 0. The van der Waals surface area contributed by atoms with Gasteiger partial charge in [0.1, 0.15) is 12.1 Å². The van der Waals surface area contributed by atoms with Crippen molar-refractivity contribution in [1.82, 2.24) is 20.4 Å². The van der Waals surface area contributed by atoms with Crippen molar-refractivity contribution in [2.24, 2.45) is 34.1 Å². The number of urea groups is 1. The van der Waals surface area contributed by atoms with E-state index in [2.05, 4.69) is 10.6 Å². The van der Waals surface area contributed by atoms with Gasteiger partial charge in [-0.25, -0.2) is 9.59 Å². The number of ether oxygens (including phenoxy) is 1. The van der Waals surface area contributed by atoms with E-state index in [1.807, 2.05) is 13.8 Å². The molecule has 0 spiro atoms. The summed E-state index contributed by atoms with van der Waals surface area (Å²) < 4.78 is 5.13. The Hall–Kier alpha value is -3.05. The van der Waals surface area contributed by atoms with E-state index in [9.17, 15) is 24.0 Å². The van der Waals surface area contributed by atoms with Gasteiger partial charge in [0.05, 0.1) is 6.54 Å². The number of carbonyl (C=O) groups excluding carboxylic acids is 5. The van der Waals surface area contributed by atoms with Crippen LogP contribution in [-0.2, 0) is 19.1 Å². The number of fused-ring (bicyclic) bond motifs is 1. The third-order valence-corrected chi connectivity index (χ3v) is 7.01. The number of likely N-dealkylation sites (tertiary alicyclic amines) is 1. The Kier molecular flexibility index (Phi) is 6.24. The summed E-state index contributed by atoms with van der Waals surface area (Å²) in [5.74, 6) is -1.87. The summed E-state index contributed by atoms with van der Waals surface area (Å²) in [4.78, 5) is 65.0. The molecule has 1 saturated carbocycles. The summed E-state index contributed by atoms with van der Waals surface area (Å²) >= 11 is 0. The van der Waals surface area contributed by atoms with Gasteiger partial charge in [-0.3, -0.25) is 14.4 Å². The van der Waals surface area contributed by atoms with Crippen LogP contribution in [0, 0.1) is 22.7 Å². The maximum absolute atomic E-state index is 13.4. The average molecular weight is 467 g/mol. The van der Waals surface area contributed by atoms with Gasteiger partial charge in [0, 0.05) is 25.0 Å². The zero-order valence-electron chi connectivity index (χ0n) is 19.7. The summed E-state index contributed by atoms with van der Waals surface area (Å²) in [5.41, 5.74) is 9.76. The minimum atomic E-state index is -1.17. The van der Waals surface area contributed by atoms with Gasteiger partial charge in [-0.1, -0.05) is 34.6 Å². The number of nitrogens with one attached hydrogen (secondary N) is 2. The second-order valence-electron chi connectivity index (χ2n) is 10.7. The molecule has 6 amide bonds. The first kappa shape index (κ1) is 24.6. The Morgan fingerprint density at radius 3 is 2.36 bits per heavy atom. The lowest BCUT2D eigenvalue weighted by atomic mass is 9.87. The van der Waals surface area contributed by atoms with E-state index in [1.165, 1.54) is 9.80 Å². The number of piperidine rings is 1. The van der Waals surface area contributed by atoms with Crippen molar-refractivity contribution in [2.45, 2.75) is 52.8 Å². The highest BCUT2D eigenvalue weighted by Gasteiger charge is 2.70. The van der Waals surface area contributed by atoms with Crippen LogP contribution < -0.4 is 22.1 Å². The monoisotopic (exact) mass is 466 g/mol. The van der Waals surface area contributed by atoms with Crippen LogP contribution in [0.15, 0.2) is 0 Å². The van der Waals surface area contributed by atoms with E-state index in [0.717, 1.165) is 0 Å². The molecular formula is C21H34N6O6. The van der Waals surface area contributed by atoms with E-state index in [0.29, 0.717) is 19.6 Å². The van der Waals surface area contributed by atoms with Crippen LogP contribution in [0.5, 0.6) is 0 Å². The molecule has 6 N–H and O–H groups in total. The van der Waals surface area contributed by atoms with E-state index in [1.54, 1.807) is 20.8 Å². The molecule has 0 aromatic rings. The van der Waals surface area contributed by atoms with Crippen LogP contribution in [0.4, 0.5) is 9.59 Å². The van der Waals surface area contributed by atoms with Crippen molar-refractivity contribution < 1.29 is 28.7 Å². The van der Waals surface area contributed by atoms with Crippen molar-refractivity contribution in [3.63, 3.8) is 0 Å². The number of nitrogens with two attached hydrogens (primary N) is 2. The molecule has 3 aliphatic rings. The van der Waals surface area contributed by atoms with Crippen LogP contribution in [-0.4, -0.2) is 84.0 Å². The molecule has 3 fully saturated rings. The maximum Gasteiger partial charge on any atom is 0.405 e. The molecule has 5 atom stereocenters. The fraction of sp³-hybridized carbons (Fsp3) is 0.762. The van der Waals surface area contributed by atoms with Crippen molar-refractivity contribution in [3.05, 3.63) is 0 Å². The topological polar surface area (TPSA) is 177 Å². The van der Waals surface area contributed by atoms with Crippen molar-refractivity contribution >= 4 is 29.8 Å². The first-order chi connectivity index (χ1) is 15.2. The SMILES string of the molecule is CC(C)(C)[C@H](OC(N)=O)C(=O)N1C[C@H]2[C@@H]([C@H]1C(=O)N[C@@H](CN1CCNC1=O)C(N)=O)C2(C)C. The molecule has 3 rings (SSSR count). The molecule has 0 unspecified atom stereocenters. The number of primary amides is 2. The first-order valence-corrected chi connectivity index (χ1v) is 11.0. The van der Waals surface area contributed by atoms with Gasteiger partial charge in [-0.15, -0.1) is 0 Å². The van der Waals surface area contributed by atoms with Crippen molar-refractivity contribution in [3.8, 4) is 0 Å². The summed E-state index contributed by atoms with van der Waals surface area (Å²) in [6.07, 6.45) is -2.25. The second kappa shape index (κ2) is 8.38. The molecule has 1 aliphatic carbocycles. The fourth-order valence-corrected chi connectivity index (χ4v) is 5.05. The van der Waals surface area contributed by atoms with Gasteiger partial charge in [-0.2, -0.15) is 0 Å². The number of amides is 6. The third-order valence-electron chi connectivity index (χ3n) is 7.01. The number of hydrogen-bond donors (Lipinski definition) is 4. The van der Waals surface area contributed by atoms with Gasteiger partial charge in [-0.05, 0) is 17.3 Å². The van der Waals surface area contributed by atoms with Crippen LogP contribution in [0.3, 0.4) is 0 Å². The van der Waals surface area contributed by atoms with E-state index < -0.39 is 47.4 Å². The van der Waals surface area contributed by atoms with E-state index in [-0.39, 0.29) is 29.8 Å². The molecule has 0 aromatic heterocycles. The maximum atomic E-state index is 13.4. The quantitative estimate of drug-likeness (QED) is 0.373. The molecule has 12 heteroatoms. The lowest BCUT2D eigenvalue weighted by Crippen LogP contribution is -2.59. The molecule has 2 heterocycles. The molecule has 0 radical (unpaired) electrons. The number of carbonyl (C=O) groups is 5. The molecule has 2 saturated heterocycles. The second-order valence-corrected chi connectivity index (χ2v) is 10.7. The van der Waals surface area contributed by atoms with Crippen LogP contribution in [0.2, 0.25) is 0 Å². The molecule has 0 aromatic carbocycles. The zero-order chi connectivity index (χ0) is 24.9. The van der Waals surface area contributed by atoms with Gasteiger partial charge >= 0.3 is 12.1 Å². The molecule has 184 valence electrons. The van der Waals surface area contributed by atoms with Gasteiger partial charge in [0.2, 0.25) is 11.8 Å². The summed E-state index contributed by atoms with van der Waals surface area (Å²) in [6.45, 7) is 10.3. The lowest BCUT2D eigenvalue weighted by molar-refractivity contribution is -0.152. The van der Waals surface area contributed by atoms with Crippen molar-refractivity contribution in [1.29, 1.82) is 0 Å². The normalized spacial score (nSPS) is 27.3. The predicted octanol–water partition coefficient (Wildman–Crippen LogP) is -1.03.